The minimum Gasteiger partial charge on any atom is -0.383 e. The first-order valence-corrected chi connectivity index (χ1v) is 6.37. The van der Waals surface area contributed by atoms with Crippen molar-refractivity contribution in [1.82, 2.24) is 10.6 Å². The number of benzene rings is 1. The summed E-state index contributed by atoms with van der Waals surface area (Å²) in [7, 11) is 1.57. The van der Waals surface area contributed by atoms with E-state index < -0.39 is 0 Å². The van der Waals surface area contributed by atoms with Gasteiger partial charge in [-0.05, 0) is 30.2 Å². The molecular weight excluding hydrogens is 303 g/mol. The third-order valence-electron chi connectivity index (χ3n) is 2.28. The van der Waals surface area contributed by atoms with Crippen molar-refractivity contribution in [2.24, 2.45) is 0 Å². The van der Waals surface area contributed by atoms with Gasteiger partial charge in [-0.2, -0.15) is 0 Å². The Labute approximate surface area is 114 Å². The van der Waals surface area contributed by atoms with Crippen molar-refractivity contribution < 1.29 is 13.9 Å². The van der Waals surface area contributed by atoms with Crippen LogP contribution in [-0.4, -0.2) is 32.8 Å². The highest BCUT2D eigenvalue weighted by Gasteiger charge is 2.04. The van der Waals surface area contributed by atoms with Crippen molar-refractivity contribution in [2.45, 2.75) is 6.42 Å². The Morgan fingerprint density at radius 2 is 2.11 bits per heavy atom. The largest absolute Gasteiger partial charge is 0.383 e. The molecule has 0 aliphatic rings. The zero-order valence-corrected chi connectivity index (χ0v) is 11.7. The molecule has 100 valence electrons. The average Bonchev–Trinajstić information content (AvgIpc) is 2.34. The maximum Gasteiger partial charge on any atom is 0.314 e. The lowest BCUT2D eigenvalue weighted by atomic mass is 10.1. The van der Waals surface area contributed by atoms with Crippen LogP contribution in [0.3, 0.4) is 0 Å². The van der Waals surface area contributed by atoms with Crippen LogP contribution in [0.2, 0.25) is 0 Å². The Kier molecular flexibility index (Phi) is 6.67. The highest BCUT2D eigenvalue weighted by molar-refractivity contribution is 9.10. The maximum absolute atomic E-state index is 13.4. The average molecular weight is 319 g/mol. The molecule has 6 heteroatoms. The lowest BCUT2D eigenvalue weighted by molar-refractivity contribution is 0.196. The molecule has 2 amide bonds. The van der Waals surface area contributed by atoms with Gasteiger partial charge in [0, 0.05) is 24.7 Å². The summed E-state index contributed by atoms with van der Waals surface area (Å²) >= 11 is 3.28. The van der Waals surface area contributed by atoms with Crippen LogP contribution in [0.15, 0.2) is 22.7 Å². The fourth-order valence-corrected chi connectivity index (χ4v) is 1.78. The van der Waals surface area contributed by atoms with Crippen LogP contribution in [-0.2, 0) is 11.2 Å². The minimum atomic E-state index is -0.276. The van der Waals surface area contributed by atoms with Gasteiger partial charge in [0.1, 0.15) is 5.82 Å². The molecule has 0 fully saturated rings. The Morgan fingerprint density at radius 3 is 2.83 bits per heavy atom. The van der Waals surface area contributed by atoms with Crippen LogP contribution in [0.1, 0.15) is 5.56 Å². The van der Waals surface area contributed by atoms with Gasteiger partial charge in [0.25, 0.3) is 0 Å². The van der Waals surface area contributed by atoms with Crippen LogP contribution in [0.5, 0.6) is 0 Å². The minimum absolute atomic E-state index is 0.264. The molecule has 0 aromatic heterocycles. The van der Waals surface area contributed by atoms with Crippen molar-refractivity contribution in [2.75, 3.05) is 26.8 Å². The number of urea groups is 1. The first-order chi connectivity index (χ1) is 8.63. The zero-order valence-electron chi connectivity index (χ0n) is 10.1. The summed E-state index contributed by atoms with van der Waals surface area (Å²) in [6, 6.07) is 4.48. The van der Waals surface area contributed by atoms with E-state index in [0.29, 0.717) is 31.7 Å². The van der Waals surface area contributed by atoms with Crippen molar-refractivity contribution in [3.05, 3.63) is 34.1 Å². The van der Waals surface area contributed by atoms with Crippen molar-refractivity contribution in [3.8, 4) is 0 Å². The molecule has 0 saturated carbocycles. The van der Waals surface area contributed by atoms with E-state index in [1.54, 1.807) is 19.2 Å². The van der Waals surface area contributed by atoms with Crippen LogP contribution >= 0.6 is 15.9 Å². The smallest absolute Gasteiger partial charge is 0.314 e. The molecule has 0 bridgehead atoms. The van der Waals surface area contributed by atoms with Crippen LogP contribution in [0, 0.1) is 5.82 Å². The van der Waals surface area contributed by atoms with E-state index in [4.69, 9.17) is 4.74 Å². The molecule has 18 heavy (non-hydrogen) atoms. The summed E-state index contributed by atoms with van der Waals surface area (Å²) in [6.07, 6.45) is 0.447. The predicted octanol–water partition coefficient (Wildman–Crippen LogP) is 2.08. The molecule has 1 aromatic carbocycles. The van der Waals surface area contributed by atoms with E-state index in [9.17, 15) is 9.18 Å². The number of hydrogen-bond acceptors (Lipinski definition) is 2. The highest BCUT2D eigenvalue weighted by Crippen LogP contribution is 2.15. The Hall–Kier alpha value is -1.14. The van der Waals surface area contributed by atoms with Crippen LogP contribution in [0.25, 0.3) is 0 Å². The van der Waals surface area contributed by atoms with Crippen molar-refractivity contribution in [3.63, 3.8) is 0 Å². The second kappa shape index (κ2) is 8.05. The first kappa shape index (κ1) is 14.9. The van der Waals surface area contributed by atoms with E-state index in [1.165, 1.54) is 6.07 Å². The number of carbonyl (C=O) groups is 1. The Morgan fingerprint density at radius 1 is 1.39 bits per heavy atom. The normalized spacial score (nSPS) is 10.2. The zero-order chi connectivity index (χ0) is 13.4. The summed E-state index contributed by atoms with van der Waals surface area (Å²) in [6.45, 7) is 1.30. The predicted molar refractivity (Wildman–Crippen MR) is 71.1 cm³/mol. The maximum atomic E-state index is 13.4. The van der Waals surface area contributed by atoms with Gasteiger partial charge in [-0.3, -0.25) is 0 Å². The van der Waals surface area contributed by atoms with Gasteiger partial charge >= 0.3 is 6.03 Å². The third-order valence-corrected chi connectivity index (χ3v) is 2.77. The van der Waals surface area contributed by atoms with Gasteiger partial charge in [0.05, 0.1) is 6.61 Å². The molecule has 0 heterocycles. The molecule has 0 radical (unpaired) electrons. The summed E-state index contributed by atoms with van der Waals surface area (Å²) in [5.74, 6) is -0.264. The lowest BCUT2D eigenvalue weighted by Gasteiger charge is -2.08. The standard InChI is InChI=1S/C12H16BrFN2O2/c1-18-7-6-16-12(17)15-5-4-9-8-10(13)2-3-11(9)14/h2-3,8H,4-7H2,1H3,(H2,15,16,17). The van der Waals surface area contributed by atoms with Gasteiger partial charge in [0.15, 0.2) is 0 Å². The van der Waals surface area contributed by atoms with Gasteiger partial charge in [-0.25, -0.2) is 9.18 Å². The Balaban J connectivity index is 2.28. The number of methoxy groups -OCH3 is 1. The molecule has 1 aromatic rings. The molecule has 0 aliphatic heterocycles. The van der Waals surface area contributed by atoms with E-state index in [2.05, 4.69) is 26.6 Å². The molecule has 0 unspecified atom stereocenters. The summed E-state index contributed by atoms with van der Waals surface area (Å²) < 4.78 is 19.0. The topological polar surface area (TPSA) is 50.4 Å². The summed E-state index contributed by atoms with van der Waals surface area (Å²) in [4.78, 5) is 11.3. The quantitative estimate of drug-likeness (QED) is 0.789. The second-order valence-corrected chi connectivity index (χ2v) is 4.58. The SMILES string of the molecule is COCCNC(=O)NCCc1cc(Br)ccc1F. The van der Waals surface area contributed by atoms with Crippen molar-refractivity contribution in [1.29, 1.82) is 0 Å². The van der Waals surface area contributed by atoms with Crippen LogP contribution < -0.4 is 10.6 Å². The van der Waals surface area contributed by atoms with Gasteiger partial charge in [0.2, 0.25) is 0 Å². The van der Waals surface area contributed by atoms with Gasteiger partial charge in [-0.1, -0.05) is 15.9 Å². The third kappa shape index (κ3) is 5.46. The van der Waals surface area contributed by atoms with E-state index in [-0.39, 0.29) is 11.8 Å². The molecule has 0 atom stereocenters. The monoisotopic (exact) mass is 318 g/mol. The first-order valence-electron chi connectivity index (χ1n) is 5.58. The molecule has 2 N–H and O–H groups in total. The lowest BCUT2D eigenvalue weighted by Crippen LogP contribution is -2.38. The molecule has 0 spiro atoms. The number of amides is 2. The molecular formula is C12H16BrFN2O2. The Bertz CT molecular complexity index is 402. The number of nitrogens with one attached hydrogen (secondary N) is 2. The second-order valence-electron chi connectivity index (χ2n) is 3.66. The molecule has 0 saturated heterocycles. The highest BCUT2D eigenvalue weighted by atomic mass is 79.9. The van der Waals surface area contributed by atoms with E-state index in [1.807, 2.05) is 0 Å². The summed E-state index contributed by atoms with van der Waals surface area (Å²) in [5, 5.41) is 5.27. The number of halogens is 2. The number of carbonyl (C=O) groups excluding carboxylic acids is 1. The summed E-state index contributed by atoms with van der Waals surface area (Å²) in [5.41, 5.74) is 0.571. The van der Waals surface area contributed by atoms with Crippen LogP contribution in [0.4, 0.5) is 9.18 Å². The number of hydrogen-bond donors (Lipinski definition) is 2. The number of ether oxygens (including phenoxy) is 1. The van der Waals surface area contributed by atoms with Gasteiger partial charge in [-0.15, -0.1) is 0 Å². The molecule has 4 nitrogen and oxygen atoms in total. The van der Waals surface area contributed by atoms with Gasteiger partial charge < -0.3 is 15.4 Å². The fourth-order valence-electron chi connectivity index (χ4n) is 1.37. The van der Waals surface area contributed by atoms with E-state index >= 15 is 0 Å². The molecule has 1 rings (SSSR count). The van der Waals surface area contributed by atoms with E-state index in [0.717, 1.165) is 4.47 Å². The molecule has 0 aliphatic carbocycles. The fraction of sp³-hybridized carbons (Fsp3) is 0.417. The van der Waals surface area contributed by atoms with Crippen molar-refractivity contribution >= 4 is 22.0 Å². The number of rotatable bonds is 6.